The highest BCUT2D eigenvalue weighted by Crippen LogP contribution is 2.51. The number of nitrogens with zero attached hydrogens (tertiary/aromatic N) is 4. The molecule has 1 aromatic heterocycles. The summed E-state index contributed by atoms with van der Waals surface area (Å²) in [6.07, 6.45) is 1.28. The summed E-state index contributed by atoms with van der Waals surface area (Å²) in [6, 6.07) is 24.4. The third-order valence-corrected chi connectivity index (χ3v) is 6.44. The van der Waals surface area contributed by atoms with Crippen LogP contribution in [-0.2, 0) is 0 Å². The second kappa shape index (κ2) is 7.67. The lowest BCUT2D eigenvalue weighted by molar-refractivity contribution is 0.223. The van der Waals surface area contributed by atoms with Crippen molar-refractivity contribution in [1.82, 2.24) is 14.8 Å². The first-order valence-electron chi connectivity index (χ1n) is 10.8. The van der Waals surface area contributed by atoms with E-state index in [9.17, 15) is 0 Å². The molecule has 6 nitrogen and oxygen atoms in total. The molecule has 0 spiro atoms. The van der Waals surface area contributed by atoms with Gasteiger partial charge in [0.1, 0.15) is 24.2 Å². The molecule has 6 rings (SSSR count). The van der Waals surface area contributed by atoms with Crippen molar-refractivity contribution in [1.29, 1.82) is 0 Å². The van der Waals surface area contributed by atoms with Crippen LogP contribution in [0.1, 0.15) is 28.8 Å². The van der Waals surface area contributed by atoms with Crippen molar-refractivity contribution in [3.8, 4) is 5.75 Å². The summed E-state index contributed by atoms with van der Waals surface area (Å²) in [5.74, 6) is 1.48. The van der Waals surface area contributed by atoms with Crippen LogP contribution in [0, 0.1) is 0 Å². The van der Waals surface area contributed by atoms with Gasteiger partial charge in [0.2, 0.25) is 5.95 Å². The standard InChI is InChI=1S/C26H22ClN5O/c1-31(2)19-11-8-17(9-12-19)25-22-23(20-14-18(27)10-13-21(20)33-25)30-26-28-15-29-32(26)24(22)16-6-4-3-5-7-16/h3-15,24-25H,1-2H3,(H,28,29,30)/t24-,25-/m1/s1. The van der Waals surface area contributed by atoms with Crippen molar-refractivity contribution in [2.24, 2.45) is 0 Å². The van der Waals surface area contributed by atoms with E-state index >= 15 is 0 Å². The molecule has 2 aliphatic heterocycles. The second-order valence-electron chi connectivity index (χ2n) is 8.42. The predicted molar refractivity (Wildman–Crippen MR) is 131 cm³/mol. The highest BCUT2D eigenvalue weighted by atomic mass is 35.5. The summed E-state index contributed by atoms with van der Waals surface area (Å²) in [5, 5.41) is 8.73. The molecule has 1 N–H and O–H groups in total. The van der Waals surface area contributed by atoms with Crippen molar-refractivity contribution in [2.45, 2.75) is 12.1 Å². The van der Waals surface area contributed by atoms with Gasteiger partial charge in [-0.25, -0.2) is 4.68 Å². The Bertz CT molecular complexity index is 1360. The van der Waals surface area contributed by atoms with Gasteiger partial charge in [0, 0.05) is 35.9 Å². The third-order valence-electron chi connectivity index (χ3n) is 6.20. The van der Waals surface area contributed by atoms with Gasteiger partial charge in [0.25, 0.3) is 0 Å². The molecule has 2 aliphatic rings. The molecule has 0 unspecified atom stereocenters. The number of anilines is 2. The predicted octanol–water partition coefficient (Wildman–Crippen LogP) is 5.56. The lowest BCUT2D eigenvalue weighted by atomic mass is 9.84. The number of ether oxygens (including phenoxy) is 1. The van der Waals surface area contributed by atoms with E-state index in [1.807, 2.05) is 55.2 Å². The fourth-order valence-corrected chi connectivity index (χ4v) is 4.79. The van der Waals surface area contributed by atoms with Gasteiger partial charge in [0.05, 0.1) is 5.70 Å². The van der Waals surface area contributed by atoms with Crippen LogP contribution >= 0.6 is 11.6 Å². The van der Waals surface area contributed by atoms with Gasteiger partial charge in [-0.3, -0.25) is 0 Å². The van der Waals surface area contributed by atoms with Crippen molar-refractivity contribution in [3.05, 3.63) is 106 Å². The van der Waals surface area contributed by atoms with E-state index in [-0.39, 0.29) is 12.1 Å². The Hall–Kier alpha value is -3.77. The van der Waals surface area contributed by atoms with Crippen molar-refractivity contribution in [2.75, 3.05) is 24.3 Å². The topological polar surface area (TPSA) is 55.2 Å². The molecule has 0 amide bonds. The van der Waals surface area contributed by atoms with Gasteiger partial charge in [0.15, 0.2) is 0 Å². The molecule has 0 fully saturated rings. The highest BCUT2D eigenvalue weighted by molar-refractivity contribution is 6.30. The molecular weight excluding hydrogens is 434 g/mol. The van der Waals surface area contributed by atoms with Crippen LogP contribution < -0.4 is 15.0 Å². The molecule has 3 heterocycles. The van der Waals surface area contributed by atoms with Crippen LogP contribution in [0.3, 0.4) is 0 Å². The molecule has 0 bridgehead atoms. The second-order valence-corrected chi connectivity index (χ2v) is 8.86. The number of aromatic nitrogens is 3. The van der Waals surface area contributed by atoms with Crippen molar-refractivity contribution >= 4 is 28.9 Å². The highest BCUT2D eigenvalue weighted by Gasteiger charge is 2.40. The Kier molecular flexibility index (Phi) is 4.62. The van der Waals surface area contributed by atoms with E-state index in [0.29, 0.717) is 11.0 Å². The van der Waals surface area contributed by atoms with Gasteiger partial charge >= 0.3 is 0 Å². The zero-order valence-electron chi connectivity index (χ0n) is 18.2. The van der Waals surface area contributed by atoms with E-state index < -0.39 is 0 Å². The summed E-state index contributed by atoms with van der Waals surface area (Å²) in [4.78, 5) is 6.56. The maximum Gasteiger partial charge on any atom is 0.226 e. The molecule has 164 valence electrons. The summed E-state index contributed by atoms with van der Waals surface area (Å²) in [5.41, 5.74) is 6.29. The number of fused-ring (bicyclic) bond motifs is 3. The quantitative estimate of drug-likeness (QED) is 0.438. The van der Waals surface area contributed by atoms with Gasteiger partial charge in [-0.2, -0.15) is 10.1 Å². The molecule has 0 radical (unpaired) electrons. The smallest absolute Gasteiger partial charge is 0.226 e. The fraction of sp³-hybridized carbons (Fsp3) is 0.154. The first-order chi connectivity index (χ1) is 16.1. The number of nitrogens with one attached hydrogen (secondary N) is 1. The number of hydrogen-bond acceptors (Lipinski definition) is 5. The summed E-state index contributed by atoms with van der Waals surface area (Å²) < 4.78 is 8.58. The van der Waals surface area contributed by atoms with Gasteiger partial charge in [-0.15, -0.1) is 0 Å². The largest absolute Gasteiger partial charge is 0.480 e. The molecule has 4 aromatic rings. The number of hydrogen-bond donors (Lipinski definition) is 1. The van der Waals surface area contributed by atoms with Crippen LogP contribution in [0.25, 0.3) is 5.70 Å². The van der Waals surface area contributed by atoms with Crippen LogP contribution in [0.4, 0.5) is 11.6 Å². The summed E-state index contributed by atoms with van der Waals surface area (Å²) in [7, 11) is 4.07. The molecule has 0 saturated heterocycles. The maximum absolute atomic E-state index is 6.65. The van der Waals surface area contributed by atoms with Crippen LogP contribution in [0.2, 0.25) is 5.02 Å². The molecule has 33 heavy (non-hydrogen) atoms. The SMILES string of the molecule is CN(C)c1ccc([C@H]2Oc3ccc(Cl)cc3C3=C2[C@@H](c2ccccc2)n2ncnc2N3)cc1. The Labute approximate surface area is 197 Å². The average Bonchev–Trinajstić information content (AvgIpc) is 3.31. The summed E-state index contributed by atoms with van der Waals surface area (Å²) >= 11 is 6.40. The zero-order chi connectivity index (χ0) is 22.5. The molecule has 0 saturated carbocycles. The fourth-order valence-electron chi connectivity index (χ4n) is 4.62. The Balaban J connectivity index is 1.59. The van der Waals surface area contributed by atoms with E-state index in [1.165, 1.54) is 0 Å². The van der Waals surface area contributed by atoms with E-state index in [4.69, 9.17) is 16.3 Å². The minimum absolute atomic E-state index is 0.175. The number of benzene rings is 3. The molecule has 0 aliphatic carbocycles. The molecule has 3 aromatic carbocycles. The number of halogens is 1. The van der Waals surface area contributed by atoms with Crippen LogP contribution in [-0.4, -0.2) is 28.9 Å². The Morgan fingerprint density at radius 3 is 2.52 bits per heavy atom. The Morgan fingerprint density at radius 1 is 0.970 bits per heavy atom. The van der Waals surface area contributed by atoms with Crippen molar-refractivity contribution < 1.29 is 4.74 Å². The summed E-state index contributed by atoms with van der Waals surface area (Å²) in [6.45, 7) is 0. The zero-order valence-corrected chi connectivity index (χ0v) is 19.0. The monoisotopic (exact) mass is 455 g/mol. The third kappa shape index (κ3) is 3.26. The Morgan fingerprint density at radius 2 is 1.76 bits per heavy atom. The first-order valence-corrected chi connectivity index (χ1v) is 11.2. The minimum Gasteiger partial charge on any atom is -0.480 e. The normalized spacial score (nSPS) is 18.5. The number of rotatable bonds is 3. The maximum atomic E-state index is 6.65. The van der Waals surface area contributed by atoms with E-state index in [0.717, 1.165) is 39.4 Å². The minimum atomic E-state index is -0.306. The van der Waals surface area contributed by atoms with E-state index in [2.05, 4.69) is 56.7 Å². The van der Waals surface area contributed by atoms with Gasteiger partial charge in [-0.1, -0.05) is 54.1 Å². The molecule has 7 heteroatoms. The van der Waals surface area contributed by atoms with Crippen LogP contribution in [0.5, 0.6) is 5.75 Å². The first kappa shape index (κ1) is 19.9. The molecular formula is C26H22ClN5O. The lowest BCUT2D eigenvalue weighted by Crippen LogP contribution is -2.32. The van der Waals surface area contributed by atoms with E-state index in [1.54, 1.807) is 6.33 Å². The van der Waals surface area contributed by atoms with Gasteiger partial charge in [-0.05, 0) is 41.5 Å². The molecule has 2 atom stereocenters. The van der Waals surface area contributed by atoms with Crippen molar-refractivity contribution in [3.63, 3.8) is 0 Å². The lowest BCUT2D eigenvalue weighted by Gasteiger charge is -2.39. The average molecular weight is 456 g/mol. The van der Waals surface area contributed by atoms with Crippen LogP contribution in [0.15, 0.2) is 84.7 Å². The van der Waals surface area contributed by atoms with Gasteiger partial charge < -0.3 is 15.0 Å².